The van der Waals surface area contributed by atoms with Gasteiger partial charge in [0.05, 0.1) is 12.2 Å². The number of piperidine rings is 1. The topological polar surface area (TPSA) is 36.3 Å². The maximum absolute atomic E-state index is 8.46. The van der Waals surface area contributed by atoms with Crippen molar-refractivity contribution < 1.29 is 4.74 Å². The lowest BCUT2D eigenvalue weighted by Crippen LogP contribution is -2.44. The zero-order valence-electron chi connectivity index (χ0n) is 15.9. The lowest BCUT2D eigenvalue weighted by molar-refractivity contribution is -0.00417. The van der Waals surface area contributed by atoms with Crippen molar-refractivity contribution in [2.45, 2.75) is 80.3 Å². The molecule has 2 unspecified atom stereocenters. The first-order valence-electron chi connectivity index (χ1n) is 8.81. The molecule has 128 valence electrons. The van der Waals surface area contributed by atoms with Gasteiger partial charge >= 0.3 is 0 Å². The van der Waals surface area contributed by atoms with E-state index in [1.807, 2.05) is 27.7 Å². The van der Waals surface area contributed by atoms with Gasteiger partial charge in [-0.05, 0) is 18.9 Å². The highest BCUT2D eigenvalue weighted by molar-refractivity contribution is 4.81. The van der Waals surface area contributed by atoms with E-state index in [4.69, 9.17) is 10.00 Å². The monoisotopic (exact) mass is 300 g/mol. The maximum Gasteiger partial charge on any atom is 0.0724 e. The molecule has 0 saturated carbocycles. The molecule has 1 aliphatic heterocycles. The third-order valence-electron chi connectivity index (χ3n) is 3.32. The lowest BCUT2D eigenvalue weighted by Gasteiger charge is -2.35. The molecule has 1 rings (SSSR count). The normalized spacial score (nSPS) is 20.5. The fraction of sp³-hybridized carbons (Fsp3) is 0.944. The van der Waals surface area contributed by atoms with Gasteiger partial charge in [-0.15, -0.1) is 0 Å². The van der Waals surface area contributed by atoms with Crippen LogP contribution in [0.25, 0.3) is 0 Å². The average Bonchev–Trinajstić information content (AvgIpc) is 2.58. The van der Waals surface area contributed by atoms with Gasteiger partial charge in [-0.1, -0.05) is 61.3 Å². The number of nitriles is 1. The minimum atomic E-state index is 0.354. The second-order valence-electron chi connectivity index (χ2n) is 4.75. The molecule has 2 atom stereocenters. The number of likely N-dealkylation sites (tertiary alicyclic amines) is 1. The Balaban J connectivity index is -0.000000343. The van der Waals surface area contributed by atoms with Gasteiger partial charge in [-0.2, -0.15) is 5.26 Å². The summed E-state index contributed by atoms with van der Waals surface area (Å²) in [7, 11) is 1.77. The van der Waals surface area contributed by atoms with Crippen molar-refractivity contribution in [1.82, 2.24) is 4.90 Å². The highest BCUT2D eigenvalue weighted by Gasteiger charge is 2.25. The van der Waals surface area contributed by atoms with Crippen molar-refractivity contribution in [3.8, 4) is 6.07 Å². The van der Waals surface area contributed by atoms with Gasteiger partial charge in [0.1, 0.15) is 0 Å². The molecular formula is C18H40N2O. The molecule has 0 aliphatic carbocycles. The summed E-state index contributed by atoms with van der Waals surface area (Å²) in [6, 6.07) is 2.18. The molecule has 3 nitrogen and oxygen atoms in total. The Morgan fingerprint density at radius 3 is 2.05 bits per heavy atom. The molecule has 0 aromatic heterocycles. The summed E-state index contributed by atoms with van der Waals surface area (Å²) < 4.78 is 5.39. The molecular weight excluding hydrogens is 260 g/mol. The molecule has 0 aromatic carbocycles. The third kappa shape index (κ3) is 15.6. The van der Waals surface area contributed by atoms with Crippen LogP contribution < -0.4 is 0 Å². The fourth-order valence-corrected chi connectivity index (χ4v) is 1.82. The molecule has 0 N–H and O–H groups in total. The Bertz CT molecular complexity index is 212. The van der Waals surface area contributed by atoms with Crippen LogP contribution >= 0.6 is 0 Å². The average molecular weight is 301 g/mol. The number of unbranched alkanes of at least 4 members (excludes halogenated alkanes) is 1. The van der Waals surface area contributed by atoms with Gasteiger partial charge in [0, 0.05) is 26.6 Å². The Labute approximate surface area is 134 Å². The van der Waals surface area contributed by atoms with Crippen molar-refractivity contribution in [1.29, 1.82) is 5.26 Å². The molecule has 1 fully saturated rings. The van der Waals surface area contributed by atoms with Crippen LogP contribution in [0.2, 0.25) is 0 Å². The molecule has 3 heteroatoms. The van der Waals surface area contributed by atoms with E-state index in [-0.39, 0.29) is 0 Å². The highest BCUT2D eigenvalue weighted by atomic mass is 16.5. The number of ether oxygens (including phenoxy) is 1. The summed E-state index contributed by atoms with van der Waals surface area (Å²) in [5.41, 5.74) is 0. The molecule has 1 saturated heterocycles. The van der Waals surface area contributed by atoms with E-state index in [1.165, 1.54) is 19.3 Å². The van der Waals surface area contributed by atoms with Gasteiger partial charge in [0.2, 0.25) is 0 Å². The summed E-state index contributed by atoms with van der Waals surface area (Å²) in [6.07, 6.45) is 4.81. The van der Waals surface area contributed by atoms with Crippen LogP contribution in [0, 0.1) is 17.2 Å². The van der Waals surface area contributed by atoms with Crippen LogP contribution in [0.1, 0.15) is 74.1 Å². The van der Waals surface area contributed by atoms with E-state index < -0.39 is 0 Å². The number of hydrogen-bond acceptors (Lipinski definition) is 3. The van der Waals surface area contributed by atoms with E-state index in [9.17, 15) is 0 Å². The number of methoxy groups -OCH3 is 1. The molecule has 0 aromatic rings. The second-order valence-corrected chi connectivity index (χ2v) is 4.75. The number of nitrogens with zero attached hydrogens (tertiary/aromatic N) is 2. The highest BCUT2D eigenvalue weighted by Crippen LogP contribution is 2.19. The van der Waals surface area contributed by atoms with Crippen LogP contribution in [0.5, 0.6) is 0 Å². The van der Waals surface area contributed by atoms with E-state index in [0.29, 0.717) is 18.4 Å². The van der Waals surface area contributed by atoms with Crippen molar-refractivity contribution in [2.24, 2.45) is 5.92 Å². The minimum absolute atomic E-state index is 0.354. The van der Waals surface area contributed by atoms with Crippen LogP contribution in [0.15, 0.2) is 0 Å². The van der Waals surface area contributed by atoms with Crippen molar-refractivity contribution in [3.05, 3.63) is 0 Å². The molecule has 0 bridgehead atoms. The van der Waals surface area contributed by atoms with Gasteiger partial charge in [-0.3, -0.25) is 4.90 Å². The summed E-state index contributed by atoms with van der Waals surface area (Å²) in [5.74, 6) is 0.656. The first kappa shape index (κ1) is 25.4. The first-order chi connectivity index (χ1) is 10.2. The predicted octanol–water partition coefficient (Wildman–Crippen LogP) is 5.12. The molecule has 1 heterocycles. The summed E-state index contributed by atoms with van der Waals surface area (Å²) in [6.45, 7) is 17.6. The third-order valence-corrected chi connectivity index (χ3v) is 3.32. The van der Waals surface area contributed by atoms with Crippen LogP contribution in [0.4, 0.5) is 0 Å². The zero-order valence-corrected chi connectivity index (χ0v) is 15.9. The SMILES string of the molecule is CC.CC.CCCC.COC1CN(CCC#N)CCC1C. The quantitative estimate of drug-likeness (QED) is 0.723. The summed E-state index contributed by atoms with van der Waals surface area (Å²) in [4.78, 5) is 2.32. The summed E-state index contributed by atoms with van der Waals surface area (Å²) in [5, 5.41) is 8.46. The largest absolute Gasteiger partial charge is 0.380 e. The molecule has 0 amide bonds. The van der Waals surface area contributed by atoms with Crippen molar-refractivity contribution >= 4 is 0 Å². The lowest BCUT2D eigenvalue weighted by atomic mass is 9.96. The Morgan fingerprint density at radius 2 is 1.67 bits per heavy atom. The van der Waals surface area contributed by atoms with Gasteiger partial charge in [0.25, 0.3) is 0 Å². The maximum atomic E-state index is 8.46. The standard InChI is InChI=1S/C10H18N2O.C4H10.2C2H6/c1-9-4-7-12(6-3-5-11)8-10(9)13-2;1-3-4-2;2*1-2/h9-10H,3-4,6-8H2,1-2H3;3-4H2,1-2H3;2*1-2H3. The fourth-order valence-electron chi connectivity index (χ4n) is 1.82. The van der Waals surface area contributed by atoms with E-state index in [2.05, 4.69) is 31.7 Å². The second kappa shape index (κ2) is 21.7. The van der Waals surface area contributed by atoms with Crippen molar-refractivity contribution in [3.63, 3.8) is 0 Å². The van der Waals surface area contributed by atoms with E-state index in [1.54, 1.807) is 7.11 Å². The van der Waals surface area contributed by atoms with Crippen LogP contribution in [0.3, 0.4) is 0 Å². The molecule has 1 aliphatic rings. The van der Waals surface area contributed by atoms with E-state index >= 15 is 0 Å². The predicted molar refractivity (Wildman–Crippen MR) is 94.5 cm³/mol. The number of rotatable bonds is 4. The molecule has 21 heavy (non-hydrogen) atoms. The first-order valence-corrected chi connectivity index (χ1v) is 8.81. The van der Waals surface area contributed by atoms with Gasteiger partial charge in [-0.25, -0.2) is 0 Å². The number of hydrogen-bond donors (Lipinski definition) is 0. The van der Waals surface area contributed by atoms with Crippen LogP contribution in [-0.2, 0) is 4.74 Å². The Hall–Kier alpha value is -0.590. The Morgan fingerprint density at radius 1 is 1.14 bits per heavy atom. The smallest absolute Gasteiger partial charge is 0.0724 e. The Kier molecular flexibility index (Phi) is 26.2. The summed E-state index contributed by atoms with van der Waals surface area (Å²) >= 11 is 0. The molecule has 0 spiro atoms. The molecule has 0 radical (unpaired) electrons. The van der Waals surface area contributed by atoms with E-state index in [0.717, 1.165) is 19.6 Å². The minimum Gasteiger partial charge on any atom is -0.380 e. The van der Waals surface area contributed by atoms with Gasteiger partial charge in [0.15, 0.2) is 0 Å². The van der Waals surface area contributed by atoms with Crippen LogP contribution in [-0.4, -0.2) is 37.7 Å². The van der Waals surface area contributed by atoms with Crippen molar-refractivity contribution in [2.75, 3.05) is 26.7 Å². The zero-order chi connectivity index (χ0) is 17.1. The van der Waals surface area contributed by atoms with Gasteiger partial charge < -0.3 is 4.74 Å².